The zero-order valence-electron chi connectivity index (χ0n) is 13.2. The van der Waals surface area contributed by atoms with Gasteiger partial charge in [0.25, 0.3) is 0 Å². The summed E-state index contributed by atoms with van der Waals surface area (Å²) in [5, 5.41) is 2.92. The molecular weight excluding hydrogens is 376 g/mol. The van der Waals surface area contributed by atoms with Crippen LogP contribution in [-0.2, 0) is 16.0 Å². The molecule has 0 aliphatic carbocycles. The van der Waals surface area contributed by atoms with Gasteiger partial charge in [-0.1, -0.05) is 28.1 Å². The molecular formula is C17H19BrN2O2S. The molecule has 1 aliphatic heterocycles. The molecule has 0 spiro atoms. The maximum atomic E-state index is 12.6. The van der Waals surface area contributed by atoms with Crippen molar-refractivity contribution in [2.45, 2.75) is 32.4 Å². The van der Waals surface area contributed by atoms with Crippen molar-refractivity contribution in [3.8, 4) is 10.6 Å². The third kappa shape index (κ3) is 4.00. The summed E-state index contributed by atoms with van der Waals surface area (Å²) in [6.45, 7) is 5.29. The first kappa shape index (κ1) is 16.6. The van der Waals surface area contributed by atoms with Crippen LogP contribution < -0.4 is 0 Å². The average molecular weight is 395 g/mol. The Bertz CT molecular complexity index is 703. The number of aromatic nitrogens is 1. The quantitative estimate of drug-likeness (QED) is 0.795. The van der Waals surface area contributed by atoms with E-state index in [-0.39, 0.29) is 18.1 Å². The van der Waals surface area contributed by atoms with Crippen LogP contribution in [0.3, 0.4) is 0 Å². The maximum absolute atomic E-state index is 12.6. The van der Waals surface area contributed by atoms with Crippen LogP contribution >= 0.6 is 27.3 Å². The van der Waals surface area contributed by atoms with Crippen molar-refractivity contribution >= 4 is 33.2 Å². The van der Waals surface area contributed by atoms with Gasteiger partial charge in [0.2, 0.25) is 5.91 Å². The van der Waals surface area contributed by atoms with E-state index >= 15 is 0 Å². The largest absolute Gasteiger partial charge is 0.375 e. The molecule has 2 atom stereocenters. The summed E-state index contributed by atoms with van der Waals surface area (Å²) in [5.74, 6) is 0.124. The third-order valence-corrected chi connectivity index (χ3v) is 5.32. The highest BCUT2D eigenvalue weighted by molar-refractivity contribution is 9.10. The van der Waals surface area contributed by atoms with Gasteiger partial charge in [-0.25, -0.2) is 4.98 Å². The third-order valence-electron chi connectivity index (χ3n) is 3.88. The van der Waals surface area contributed by atoms with Gasteiger partial charge in [-0.15, -0.1) is 11.3 Å². The number of thiazole rings is 1. The lowest BCUT2D eigenvalue weighted by atomic mass is 10.1. The molecule has 1 aromatic carbocycles. The molecule has 1 saturated heterocycles. The van der Waals surface area contributed by atoms with Crippen LogP contribution in [0, 0.1) is 0 Å². The van der Waals surface area contributed by atoms with Crippen molar-refractivity contribution in [2.75, 3.05) is 13.2 Å². The summed E-state index contributed by atoms with van der Waals surface area (Å²) < 4.78 is 6.61. The van der Waals surface area contributed by atoms with Crippen LogP contribution in [0.1, 0.15) is 19.5 Å². The van der Waals surface area contributed by atoms with E-state index in [1.54, 1.807) is 11.3 Å². The molecule has 0 N–H and O–H groups in total. The fourth-order valence-corrected chi connectivity index (χ4v) is 3.87. The number of carbonyl (C=O) groups is 1. The van der Waals surface area contributed by atoms with Gasteiger partial charge in [-0.05, 0) is 26.0 Å². The summed E-state index contributed by atoms with van der Waals surface area (Å²) in [6.07, 6.45) is 0.449. The molecule has 4 nitrogen and oxygen atoms in total. The van der Waals surface area contributed by atoms with E-state index in [4.69, 9.17) is 4.74 Å². The first-order valence-corrected chi connectivity index (χ1v) is 9.31. The van der Waals surface area contributed by atoms with E-state index in [9.17, 15) is 4.79 Å². The lowest BCUT2D eigenvalue weighted by molar-refractivity contribution is -0.142. The number of hydrogen-bond donors (Lipinski definition) is 0. The van der Waals surface area contributed by atoms with E-state index < -0.39 is 0 Å². The van der Waals surface area contributed by atoms with Gasteiger partial charge in [-0.2, -0.15) is 0 Å². The van der Waals surface area contributed by atoms with Crippen molar-refractivity contribution in [3.05, 3.63) is 39.8 Å². The number of benzene rings is 1. The molecule has 0 radical (unpaired) electrons. The van der Waals surface area contributed by atoms with E-state index in [0.717, 1.165) is 20.7 Å². The molecule has 2 heterocycles. The summed E-state index contributed by atoms with van der Waals surface area (Å²) >= 11 is 5.05. The molecule has 0 saturated carbocycles. The highest BCUT2D eigenvalue weighted by atomic mass is 79.9. The van der Waals surface area contributed by atoms with Crippen LogP contribution in [0.15, 0.2) is 34.1 Å². The molecule has 0 bridgehead atoms. The molecule has 2 aromatic rings. The van der Waals surface area contributed by atoms with E-state index in [1.165, 1.54) is 0 Å². The predicted octanol–water partition coefficient (Wildman–Crippen LogP) is 3.75. The lowest BCUT2D eigenvalue weighted by Gasteiger charge is -2.36. The Kier molecular flexibility index (Phi) is 5.14. The minimum absolute atomic E-state index is 0.0998. The summed E-state index contributed by atoms with van der Waals surface area (Å²) in [7, 11) is 0. The Morgan fingerprint density at radius 1 is 1.48 bits per heavy atom. The second-order valence-corrected chi connectivity index (χ2v) is 7.64. The topological polar surface area (TPSA) is 42.4 Å². The van der Waals surface area contributed by atoms with E-state index in [0.29, 0.717) is 19.6 Å². The zero-order valence-corrected chi connectivity index (χ0v) is 15.6. The van der Waals surface area contributed by atoms with Crippen molar-refractivity contribution in [3.63, 3.8) is 0 Å². The van der Waals surface area contributed by atoms with Crippen molar-refractivity contribution < 1.29 is 9.53 Å². The van der Waals surface area contributed by atoms with Gasteiger partial charge in [0.05, 0.1) is 30.9 Å². The van der Waals surface area contributed by atoms with Crippen LogP contribution in [0.25, 0.3) is 10.6 Å². The summed E-state index contributed by atoms with van der Waals surface area (Å²) in [6, 6.07) is 8.17. The molecule has 2 unspecified atom stereocenters. The fourth-order valence-electron chi connectivity index (χ4n) is 2.65. The Hall–Kier alpha value is -1.24. The zero-order chi connectivity index (χ0) is 16.4. The Morgan fingerprint density at radius 2 is 2.30 bits per heavy atom. The molecule has 1 fully saturated rings. The summed E-state index contributed by atoms with van der Waals surface area (Å²) in [5.41, 5.74) is 1.90. The van der Waals surface area contributed by atoms with Crippen LogP contribution in [0.4, 0.5) is 0 Å². The van der Waals surface area contributed by atoms with Gasteiger partial charge >= 0.3 is 0 Å². The normalized spacial score (nSPS) is 21.4. The van der Waals surface area contributed by atoms with Gasteiger partial charge in [0, 0.05) is 22.0 Å². The van der Waals surface area contributed by atoms with Gasteiger partial charge in [-0.3, -0.25) is 4.79 Å². The molecule has 1 aliphatic rings. The number of nitrogens with zero attached hydrogens (tertiary/aromatic N) is 2. The van der Waals surface area contributed by atoms with Crippen molar-refractivity contribution in [1.82, 2.24) is 9.88 Å². The summed E-state index contributed by atoms with van der Waals surface area (Å²) in [4.78, 5) is 19.1. The predicted molar refractivity (Wildman–Crippen MR) is 95.5 cm³/mol. The molecule has 122 valence electrons. The number of carbonyl (C=O) groups excluding carboxylic acids is 1. The monoisotopic (exact) mass is 394 g/mol. The van der Waals surface area contributed by atoms with Crippen LogP contribution in [0.5, 0.6) is 0 Å². The van der Waals surface area contributed by atoms with Gasteiger partial charge in [0.15, 0.2) is 0 Å². The smallest absolute Gasteiger partial charge is 0.229 e. The number of amides is 1. The number of ether oxygens (including phenoxy) is 1. The van der Waals surface area contributed by atoms with Crippen LogP contribution in [-0.4, -0.2) is 41.1 Å². The van der Waals surface area contributed by atoms with E-state index in [2.05, 4.69) is 20.9 Å². The van der Waals surface area contributed by atoms with Crippen LogP contribution in [0.2, 0.25) is 0 Å². The lowest BCUT2D eigenvalue weighted by Crippen LogP contribution is -2.50. The molecule has 1 amide bonds. The second kappa shape index (κ2) is 7.11. The first-order valence-electron chi connectivity index (χ1n) is 7.64. The van der Waals surface area contributed by atoms with E-state index in [1.807, 2.05) is 48.4 Å². The number of hydrogen-bond acceptors (Lipinski definition) is 4. The number of morpholine rings is 1. The molecule has 1 aromatic heterocycles. The second-order valence-electron chi connectivity index (χ2n) is 5.87. The Balaban J connectivity index is 1.70. The Labute approximate surface area is 148 Å². The minimum Gasteiger partial charge on any atom is -0.375 e. The van der Waals surface area contributed by atoms with Crippen molar-refractivity contribution in [2.24, 2.45) is 0 Å². The molecule has 23 heavy (non-hydrogen) atoms. The Morgan fingerprint density at radius 3 is 3.09 bits per heavy atom. The number of halogens is 1. The fraction of sp³-hybridized carbons (Fsp3) is 0.412. The van der Waals surface area contributed by atoms with Crippen molar-refractivity contribution in [1.29, 1.82) is 0 Å². The standard InChI is InChI=1S/C17H19BrN2O2S/c1-11-9-22-12(2)8-20(11)16(21)7-15-10-23-17(19-15)13-4-3-5-14(18)6-13/h3-6,10-12H,7-9H2,1-2H3. The van der Waals surface area contributed by atoms with Gasteiger partial charge in [0.1, 0.15) is 5.01 Å². The number of rotatable bonds is 3. The SMILES string of the molecule is CC1CN(C(=O)Cc2csc(-c3cccc(Br)c3)n2)C(C)CO1. The average Bonchev–Trinajstić information content (AvgIpc) is 2.98. The first-order chi connectivity index (χ1) is 11.0. The highest BCUT2D eigenvalue weighted by Gasteiger charge is 2.27. The molecule has 6 heteroatoms. The van der Waals surface area contributed by atoms with Gasteiger partial charge < -0.3 is 9.64 Å². The minimum atomic E-state index is 0.0998. The molecule has 3 rings (SSSR count). The maximum Gasteiger partial charge on any atom is 0.229 e. The highest BCUT2D eigenvalue weighted by Crippen LogP contribution is 2.26.